The van der Waals surface area contributed by atoms with Crippen molar-refractivity contribution in [3.8, 4) is 16.9 Å². The Morgan fingerprint density at radius 1 is 1.03 bits per heavy atom. The topological polar surface area (TPSA) is 84.2 Å². The van der Waals surface area contributed by atoms with Crippen molar-refractivity contribution in [2.24, 2.45) is 0 Å². The molecule has 0 radical (unpaired) electrons. The largest absolute Gasteiger partial charge is 0.481 e. The van der Waals surface area contributed by atoms with E-state index < -0.39 is 18.3 Å². The molecule has 0 aliphatic rings. The maximum absolute atomic E-state index is 13.4. The van der Waals surface area contributed by atoms with Crippen LogP contribution in [0, 0.1) is 0 Å². The van der Waals surface area contributed by atoms with E-state index in [2.05, 4.69) is 26.3 Å². The third-order valence-electron chi connectivity index (χ3n) is 5.44. The molecule has 0 bridgehead atoms. The van der Waals surface area contributed by atoms with E-state index in [0.717, 1.165) is 10.0 Å². The van der Waals surface area contributed by atoms with Crippen LogP contribution in [0.15, 0.2) is 77.3 Å². The molecule has 0 aliphatic heterocycles. The monoisotopic (exact) mass is 571 g/mol. The highest BCUT2D eigenvalue weighted by Crippen LogP contribution is 2.33. The van der Waals surface area contributed by atoms with Gasteiger partial charge in [0.05, 0.1) is 28.9 Å². The van der Waals surface area contributed by atoms with Crippen LogP contribution in [0.2, 0.25) is 10.0 Å². The Bertz CT molecular complexity index is 1390. The number of carboxylic acid groups (broad SMARTS) is 1. The summed E-state index contributed by atoms with van der Waals surface area (Å²) >= 11 is 16.0. The average molecular weight is 573 g/mol. The molecule has 35 heavy (non-hydrogen) atoms. The zero-order chi connectivity index (χ0) is 25.1. The number of hydrogen-bond acceptors (Lipinski definition) is 3. The summed E-state index contributed by atoms with van der Waals surface area (Å²) in [5.74, 6) is -1.58. The molecule has 4 rings (SSSR count). The van der Waals surface area contributed by atoms with Crippen LogP contribution in [0.4, 0.5) is 0 Å². The highest BCUT2D eigenvalue weighted by atomic mass is 79.9. The molecule has 0 saturated heterocycles. The lowest BCUT2D eigenvalue weighted by Crippen LogP contribution is -2.28. The van der Waals surface area contributed by atoms with E-state index in [0.29, 0.717) is 27.0 Å². The fraction of sp³-hybridized carbons (Fsp3) is 0.115. The van der Waals surface area contributed by atoms with Gasteiger partial charge in [-0.2, -0.15) is 5.10 Å². The summed E-state index contributed by atoms with van der Waals surface area (Å²) < 4.78 is 2.44. The summed E-state index contributed by atoms with van der Waals surface area (Å²) in [4.78, 5) is 25.3. The van der Waals surface area contributed by atoms with Crippen LogP contribution in [0.3, 0.4) is 0 Å². The lowest BCUT2D eigenvalue weighted by molar-refractivity contribution is -0.136. The number of carboxylic acids is 1. The molecule has 0 aliphatic carbocycles. The predicted octanol–water partition coefficient (Wildman–Crippen LogP) is 6.73. The maximum Gasteiger partial charge on any atom is 0.307 e. The number of benzene rings is 3. The van der Waals surface area contributed by atoms with E-state index in [1.54, 1.807) is 48.5 Å². The molecule has 1 heterocycles. The average Bonchev–Trinajstić information content (AvgIpc) is 3.18. The minimum Gasteiger partial charge on any atom is -0.481 e. The van der Waals surface area contributed by atoms with Gasteiger partial charge in [-0.05, 0) is 48.9 Å². The van der Waals surface area contributed by atoms with Crippen LogP contribution in [0.1, 0.15) is 34.6 Å². The number of carbonyl (C=O) groups is 2. The number of nitrogens with zero attached hydrogens (tertiary/aromatic N) is 2. The smallest absolute Gasteiger partial charge is 0.307 e. The summed E-state index contributed by atoms with van der Waals surface area (Å²) in [6.45, 7) is 1.85. The molecule has 1 unspecified atom stereocenters. The van der Waals surface area contributed by atoms with E-state index >= 15 is 0 Å². The number of amides is 1. The third-order valence-corrected chi connectivity index (χ3v) is 6.54. The number of carbonyl (C=O) groups excluding carboxylic acids is 1. The third kappa shape index (κ3) is 5.59. The van der Waals surface area contributed by atoms with Gasteiger partial charge in [0.2, 0.25) is 0 Å². The first-order valence-electron chi connectivity index (χ1n) is 10.7. The molecule has 9 heteroatoms. The van der Waals surface area contributed by atoms with Gasteiger partial charge in [-0.1, -0.05) is 75.5 Å². The van der Waals surface area contributed by atoms with Gasteiger partial charge >= 0.3 is 5.97 Å². The van der Waals surface area contributed by atoms with E-state index in [1.807, 2.05) is 31.2 Å². The van der Waals surface area contributed by atoms with Crippen molar-refractivity contribution in [1.82, 2.24) is 15.1 Å². The Kier molecular flexibility index (Phi) is 7.60. The van der Waals surface area contributed by atoms with Crippen molar-refractivity contribution >= 4 is 51.0 Å². The van der Waals surface area contributed by atoms with E-state index in [4.69, 9.17) is 23.2 Å². The molecule has 1 aromatic heterocycles. The Morgan fingerprint density at radius 2 is 1.69 bits per heavy atom. The van der Waals surface area contributed by atoms with Crippen LogP contribution < -0.4 is 5.32 Å². The molecule has 1 amide bonds. The molecule has 178 valence electrons. The summed E-state index contributed by atoms with van der Waals surface area (Å²) in [5, 5.41) is 18.1. The van der Waals surface area contributed by atoms with Crippen LogP contribution in [0.25, 0.3) is 16.9 Å². The molecular formula is C26H20BrCl2N3O3. The Balaban J connectivity index is 1.86. The van der Waals surface area contributed by atoms with E-state index in [-0.39, 0.29) is 17.3 Å². The van der Waals surface area contributed by atoms with Crippen molar-refractivity contribution in [3.63, 3.8) is 0 Å². The fourth-order valence-corrected chi connectivity index (χ4v) is 4.36. The molecule has 2 N–H and O–H groups in total. The van der Waals surface area contributed by atoms with Crippen molar-refractivity contribution in [2.45, 2.75) is 19.4 Å². The number of hydrogen-bond donors (Lipinski definition) is 2. The highest BCUT2D eigenvalue weighted by molar-refractivity contribution is 9.10. The molecule has 6 nitrogen and oxygen atoms in total. The summed E-state index contributed by atoms with van der Waals surface area (Å²) in [7, 11) is 0. The minimum absolute atomic E-state index is 0.0150. The first-order valence-corrected chi connectivity index (χ1v) is 12.2. The number of halogens is 3. The van der Waals surface area contributed by atoms with Crippen molar-refractivity contribution in [1.29, 1.82) is 0 Å². The lowest BCUT2D eigenvalue weighted by atomic mass is 10.0. The van der Waals surface area contributed by atoms with Gasteiger partial charge in [0.25, 0.3) is 5.91 Å². The number of aromatic nitrogens is 2. The Labute approximate surface area is 220 Å². The van der Waals surface area contributed by atoms with Crippen molar-refractivity contribution in [3.05, 3.63) is 104 Å². The molecule has 4 aromatic rings. The Hall–Kier alpha value is -3.13. The predicted molar refractivity (Wildman–Crippen MR) is 140 cm³/mol. The van der Waals surface area contributed by atoms with Crippen LogP contribution in [-0.2, 0) is 11.2 Å². The molecule has 1 atom stereocenters. The van der Waals surface area contributed by atoms with Crippen LogP contribution in [0.5, 0.6) is 0 Å². The minimum atomic E-state index is -1.09. The highest BCUT2D eigenvalue weighted by Gasteiger charge is 2.28. The van der Waals surface area contributed by atoms with Crippen LogP contribution >= 0.6 is 39.1 Å². The van der Waals surface area contributed by atoms with Crippen molar-refractivity contribution in [2.75, 3.05) is 0 Å². The van der Waals surface area contributed by atoms with E-state index in [9.17, 15) is 14.7 Å². The number of nitrogens with one attached hydrogen (secondary N) is 1. The van der Waals surface area contributed by atoms with Crippen LogP contribution in [-0.4, -0.2) is 26.8 Å². The van der Waals surface area contributed by atoms with Gasteiger partial charge in [-0.15, -0.1) is 0 Å². The molecular weight excluding hydrogens is 553 g/mol. The zero-order valence-corrected chi connectivity index (χ0v) is 21.6. The maximum atomic E-state index is 13.4. The first kappa shape index (κ1) is 25.0. The Morgan fingerprint density at radius 3 is 2.31 bits per heavy atom. The molecule has 3 aromatic carbocycles. The summed E-state index contributed by atoms with van der Waals surface area (Å²) in [6.07, 6.45) is -0.405. The normalized spacial score (nSPS) is 11.8. The standard InChI is InChI=1S/C26H20BrCl2N3O3/c1-15(16-6-10-18(27)11-7-16)30-26(35)24-20(14-23(33)34)25(17-8-12-19(28)13-9-17)32(31-24)22-5-3-2-4-21(22)29/h2-13,15H,14H2,1H3,(H,30,35)(H,33,34). The second-order valence-corrected chi connectivity index (χ2v) is 9.62. The molecule has 0 spiro atoms. The van der Waals surface area contributed by atoms with Gasteiger partial charge < -0.3 is 10.4 Å². The first-order chi connectivity index (χ1) is 16.7. The molecule has 0 fully saturated rings. The van der Waals surface area contributed by atoms with Crippen molar-refractivity contribution < 1.29 is 14.7 Å². The summed E-state index contributed by atoms with van der Waals surface area (Å²) in [6, 6.07) is 21.2. The second-order valence-electron chi connectivity index (χ2n) is 7.86. The van der Waals surface area contributed by atoms with Gasteiger partial charge in [0.15, 0.2) is 5.69 Å². The van der Waals surface area contributed by atoms with Gasteiger partial charge in [0, 0.05) is 20.6 Å². The van der Waals surface area contributed by atoms with E-state index in [1.165, 1.54) is 4.68 Å². The number of rotatable bonds is 7. The second kappa shape index (κ2) is 10.6. The quantitative estimate of drug-likeness (QED) is 0.257. The van der Waals surface area contributed by atoms with Gasteiger partial charge in [0.1, 0.15) is 0 Å². The van der Waals surface area contributed by atoms with Gasteiger partial charge in [-0.25, -0.2) is 4.68 Å². The van der Waals surface area contributed by atoms with Gasteiger partial charge in [-0.3, -0.25) is 9.59 Å². The zero-order valence-electron chi connectivity index (χ0n) is 18.5. The molecule has 0 saturated carbocycles. The number of aliphatic carboxylic acids is 1. The fourth-order valence-electron chi connectivity index (χ4n) is 3.75. The SMILES string of the molecule is CC(NC(=O)c1nn(-c2ccccc2Cl)c(-c2ccc(Cl)cc2)c1CC(=O)O)c1ccc(Br)cc1. The summed E-state index contributed by atoms with van der Waals surface area (Å²) in [5.41, 5.74) is 2.81. The lowest BCUT2D eigenvalue weighted by Gasteiger charge is -2.14. The number of para-hydroxylation sites is 1.